The minimum Gasteiger partial charge on any atom is -0.503 e. The number of nitrogens with two attached hydrogens (primary N) is 1. The minimum atomic E-state index is -1.69. The molecule has 0 fully saturated rings. The molecule has 76 valence electrons. The zero-order valence-corrected chi connectivity index (χ0v) is 7.47. The molecule has 1 aromatic heterocycles. The fourth-order valence-electron chi connectivity index (χ4n) is 0.871. The second kappa shape index (κ2) is 3.15. The summed E-state index contributed by atoms with van der Waals surface area (Å²) in [6, 6.07) is 1.05. The molecule has 1 aromatic rings. The number of nitrogens with zero attached hydrogens (tertiary/aromatic N) is 1. The Bertz CT molecular complexity index is 422. The molecule has 1 atom stereocenters. The van der Waals surface area contributed by atoms with E-state index in [1.54, 1.807) is 0 Å². The molecule has 14 heavy (non-hydrogen) atoms. The molecule has 0 amide bonds. The van der Waals surface area contributed by atoms with Crippen LogP contribution in [0.2, 0.25) is 0 Å². The average Bonchev–Trinajstić information content (AvgIpc) is 2.09. The molecule has 6 heteroatoms. The van der Waals surface area contributed by atoms with Gasteiger partial charge in [-0.25, -0.2) is 4.79 Å². The van der Waals surface area contributed by atoms with Gasteiger partial charge in [-0.15, -0.1) is 0 Å². The second-order valence-electron chi connectivity index (χ2n) is 3.05. The first kappa shape index (κ1) is 10.3. The molecule has 6 nitrogen and oxygen atoms in total. The highest BCUT2D eigenvalue weighted by Gasteiger charge is 2.29. The molecular formula is C8H10N2O4. The predicted octanol–water partition coefficient (Wildman–Crippen LogP) is -0.730. The fraction of sp³-hybridized carbons (Fsp3) is 0.250. The molecular weight excluding hydrogens is 188 g/mol. The van der Waals surface area contributed by atoms with Crippen molar-refractivity contribution in [2.75, 3.05) is 0 Å². The summed E-state index contributed by atoms with van der Waals surface area (Å²) in [5, 5.41) is 17.8. The number of aromatic hydroxyl groups is 1. The molecule has 4 N–H and O–H groups in total. The first-order valence-electron chi connectivity index (χ1n) is 3.79. The average molecular weight is 198 g/mol. The van der Waals surface area contributed by atoms with Crippen molar-refractivity contribution in [2.45, 2.75) is 12.6 Å². The third kappa shape index (κ3) is 1.60. The van der Waals surface area contributed by atoms with Gasteiger partial charge in [0.2, 0.25) is 5.43 Å². The SMILES string of the molecule is CC(N)(C(=O)O)n1ccc(=O)c(O)c1. The molecule has 0 saturated heterocycles. The summed E-state index contributed by atoms with van der Waals surface area (Å²) in [6.45, 7) is 1.25. The van der Waals surface area contributed by atoms with Crippen LogP contribution in [0.25, 0.3) is 0 Å². The Kier molecular flexibility index (Phi) is 2.31. The number of hydrogen-bond acceptors (Lipinski definition) is 4. The lowest BCUT2D eigenvalue weighted by Crippen LogP contribution is -2.47. The number of aromatic nitrogens is 1. The fourth-order valence-corrected chi connectivity index (χ4v) is 0.871. The lowest BCUT2D eigenvalue weighted by Gasteiger charge is -2.22. The Morgan fingerprint density at radius 1 is 1.64 bits per heavy atom. The molecule has 1 heterocycles. The van der Waals surface area contributed by atoms with Crippen LogP contribution < -0.4 is 11.2 Å². The van der Waals surface area contributed by atoms with Crippen LogP contribution in [0.15, 0.2) is 23.3 Å². The van der Waals surface area contributed by atoms with Gasteiger partial charge in [0.15, 0.2) is 11.4 Å². The quantitative estimate of drug-likeness (QED) is 0.581. The monoisotopic (exact) mass is 198 g/mol. The number of hydrogen-bond donors (Lipinski definition) is 3. The summed E-state index contributed by atoms with van der Waals surface area (Å²) in [5.41, 5.74) is 3.18. The Hall–Kier alpha value is -1.82. The summed E-state index contributed by atoms with van der Waals surface area (Å²) < 4.78 is 1.05. The van der Waals surface area contributed by atoms with Gasteiger partial charge in [-0.2, -0.15) is 0 Å². The summed E-state index contributed by atoms with van der Waals surface area (Å²) in [6.07, 6.45) is 2.19. The van der Waals surface area contributed by atoms with Crippen molar-refractivity contribution in [1.29, 1.82) is 0 Å². The van der Waals surface area contributed by atoms with E-state index in [0.717, 1.165) is 16.8 Å². The Balaban J connectivity index is 3.27. The summed E-state index contributed by atoms with van der Waals surface area (Å²) >= 11 is 0. The van der Waals surface area contributed by atoms with Crippen LogP contribution in [0.5, 0.6) is 5.75 Å². The van der Waals surface area contributed by atoms with Gasteiger partial charge in [0, 0.05) is 12.3 Å². The molecule has 0 aromatic carbocycles. The van der Waals surface area contributed by atoms with E-state index in [1.807, 2.05) is 0 Å². The van der Waals surface area contributed by atoms with Gasteiger partial charge in [0.1, 0.15) is 0 Å². The minimum absolute atomic E-state index is 0.537. The molecule has 0 aliphatic heterocycles. The van der Waals surface area contributed by atoms with Crippen LogP contribution in [0.1, 0.15) is 6.92 Å². The predicted molar refractivity (Wildman–Crippen MR) is 47.8 cm³/mol. The van der Waals surface area contributed by atoms with Gasteiger partial charge in [0.05, 0.1) is 6.20 Å². The van der Waals surface area contributed by atoms with Crippen LogP contribution in [-0.2, 0) is 10.5 Å². The van der Waals surface area contributed by atoms with E-state index in [1.165, 1.54) is 13.1 Å². The molecule has 0 radical (unpaired) electrons. The second-order valence-corrected chi connectivity index (χ2v) is 3.05. The van der Waals surface area contributed by atoms with Crippen molar-refractivity contribution < 1.29 is 15.0 Å². The molecule has 0 aliphatic rings. The van der Waals surface area contributed by atoms with Crippen molar-refractivity contribution in [2.24, 2.45) is 5.73 Å². The summed E-state index contributed by atoms with van der Waals surface area (Å²) in [4.78, 5) is 21.5. The van der Waals surface area contributed by atoms with Gasteiger partial charge in [-0.3, -0.25) is 10.5 Å². The zero-order chi connectivity index (χ0) is 10.9. The van der Waals surface area contributed by atoms with Crippen LogP contribution >= 0.6 is 0 Å². The van der Waals surface area contributed by atoms with Crippen molar-refractivity contribution in [1.82, 2.24) is 4.57 Å². The van der Waals surface area contributed by atoms with Crippen molar-refractivity contribution >= 4 is 5.97 Å². The van der Waals surface area contributed by atoms with Crippen molar-refractivity contribution in [3.8, 4) is 5.75 Å². The van der Waals surface area contributed by atoms with E-state index in [0.29, 0.717) is 0 Å². The number of carboxylic acid groups (broad SMARTS) is 1. The number of aliphatic carboxylic acids is 1. The lowest BCUT2D eigenvalue weighted by molar-refractivity contribution is -0.146. The highest BCUT2D eigenvalue weighted by atomic mass is 16.4. The third-order valence-electron chi connectivity index (χ3n) is 1.87. The van der Waals surface area contributed by atoms with E-state index in [4.69, 9.17) is 15.9 Å². The third-order valence-corrected chi connectivity index (χ3v) is 1.87. The van der Waals surface area contributed by atoms with E-state index in [-0.39, 0.29) is 0 Å². The smallest absolute Gasteiger partial charge is 0.344 e. The maximum atomic E-state index is 10.8. The molecule has 0 saturated carbocycles. The van der Waals surface area contributed by atoms with Crippen molar-refractivity contribution in [3.05, 3.63) is 28.7 Å². The number of rotatable bonds is 2. The first-order chi connectivity index (χ1) is 6.35. The van der Waals surface area contributed by atoms with Gasteiger partial charge in [-0.05, 0) is 6.92 Å². The highest BCUT2D eigenvalue weighted by molar-refractivity contribution is 5.75. The Labute approximate surface area is 79.2 Å². The first-order valence-corrected chi connectivity index (χ1v) is 3.79. The summed E-state index contributed by atoms with van der Waals surface area (Å²) in [7, 11) is 0. The largest absolute Gasteiger partial charge is 0.503 e. The maximum Gasteiger partial charge on any atom is 0.344 e. The van der Waals surface area contributed by atoms with E-state index < -0.39 is 22.8 Å². The van der Waals surface area contributed by atoms with Gasteiger partial charge in [0.25, 0.3) is 0 Å². The zero-order valence-electron chi connectivity index (χ0n) is 7.47. The van der Waals surface area contributed by atoms with Crippen LogP contribution in [-0.4, -0.2) is 20.7 Å². The maximum absolute atomic E-state index is 10.8. The van der Waals surface area contributed by atoms with Gasteiger partial charge in [-0.1, -0.05) is 0 Å². The molecule has 1 rings (SSSR count). The molecule has 0 aliphatic carbocycles. The van der Waals surface area contributed by atoms with Gasteiger partial charge >= 0.3 is 5.97 Å². The Morgan fingerprint density at radius 3 is 2.64 bits per heavy atom. The Morgan fingerprint density at radius 2 is 2.21 bits per heavy atom. The van der Waals surface area contributed by atoms with E-state index in [2.05, 4.69) is 0 Å². The molecule has 0 spiro atoms. The van der Waals surface area contributed by atoms with Crippen LogP contribution in [0.3, 0.4) is 0 Å². The number of carbonyl (C=O) groups is 1. The lowest BCUT2D eigenvalue weighted by atomic mass is 10.2. The topological polar surface area (TPSA) is 106 Å². The number of pyridine rings is 1. The molecule has 0 bridgehead atoms. The van der Waals surface area contributed by atoms with Crippen molar-refractivity contribution in [3.63, 3.8) is 0 Å². The van der Waals surface area contributed by atoms with E-state index >= 15 is 0 Å². The normalized spacial score (nSPS) is 14.7. The highest BCUT2D eigenvalue weighted by Crippen LogP contribution is 2.10. The van der Waals surface area contributed by atoms with Crippen LogP contribution in [0.4, 0.5) is 0 Å². The summed E-state index contributed by atoms with van der Waals surface area (Å²) in [5.74, 6) is -1.80. The number of carboxylic acids is 1. The van der Waals surface area contributed by atoms with E-state index in [9.17, 15) is 9.59 Å². The standard InChI is InChI=1S/C8H10N2O4/c1-8(9,7(13)14)10-3-2-5(11)6(12)4-10/h2-4,12H,9H2,1H3,(H,13,14). The van der Waals surface area contributed by atoms with Crippen LogP contribution in [0, 0.1) is 0 Å². The van der Waals surface area contributed by atoms with Gasteiger partial charge < -0.3 is 14.8 Å². The molecule has 1 unspecified atom stereocenters.